The van der Waals surface area contributed by atoms with Crippen LogP contribution in [0.2, 0.25) is 0 Å². The molecule has 6 heteroatoms. The first kappa shape index (κ1) is 14.2. The van der Waals surface area contributed by atoms with Crippen LogP contribution < -0.4 is 5.32 Å². The van der Waals surface area contributed by atoms with Gasteiger partial charge in [0.1, 0.15) is 0 Å². The fourth-order valence-electron chi connectivity index (χ4n) is 1.95. The van der Waals surface area contributed by atoms with Crippen LogP contribution in [0.5, 0.6) is 0 Å². The minimum Gasteiger partial charge on any atom is -0.351 e. The molecule has 3 rings (SSSR count). The van der Waals surface area contributed by atoms with Crippen LogP contribution >= 0.6 is 23.1 Å². The van der Waals surface area contributed by atoms with Gasteiger partial charge >= 0.3 is 0 Å². The highest BCUT2D eigenvalue weighted by molar-refractivity contribution is 7.99. The number of H-pyrrole nitrogens is 1. The van der Waals surface area contributed by atoms with Crippen molar-refractivity contribution in [3.63, 3.8) is 0 Å². The summed E-state index contributed by atoms with van der Waals surface area (Å²) in [4.78, 5) is 14.1. The molecule has 0 radical (unpaired) electrons. The molecule has 0 aliphatic carbocycles. The van der Waals surface area contributed by atoms with Crippen molar-refractivity contribution in [2.75, 3.05) is 5.75 Å². The molecule has 0 bridgehead atoms. The normalized spacial score (nSPS) is 10.9. The number of thioether (sulfide) groups is 1. The number of nitrogens with zero attached hydrogens (tertiary/aromatic N) is 1. The Morgan fingerprint density at radius 2 is 2.33 bits per heavy atom. The van der Waals surface area contributed by atoms with E-state index in [1.54, 1.807) is 23.1 Å². The van der Waals surface area contributed by atoms with E-state index in [-0.39, 0.29) is 5.91 Å². The van der Waals surface area contributed by atoms with Crippen molar-refractivity contribution in [3.8, 4) is 0 Å². The second kappa shape index (κ2) is 6.78. The molecular formula is C15H15N3OS2. The maximum Gasteiger partial charge on any atom is 0.221 e. The standard InChI is InChI=1S/C15H15N3OS2/c19-15(16-10-13-2-1-6-20-13)5-7-21-12-4-3-11-9-17-18-14(11)8-12/h1-4,6,8-9H,5,7,10H2,(H,16,19)(H,17,18). The van der Waals surface area contributed by atoms with Gasteiger partial charge in [0.05, 0.1) is 18.3 Å². The summed E-state index contributed by atoms with van der Waals surface area (Å²) in [5.41, 5.74) is 1.03. The van der Waals surface area contributed by atoms with Gasteiger partial charge in [-0.25, -0.2) is 0 Å². The van der Waals surface area contributed by atoms with E-state index in [9.17, 15) is 4.79 Å². The van der Waals surface area contributed by atoms with Gasteiger partial charge in [0.2, 0.25) is 5.91 Å². The van der Waals surface area contributed by atoms with Crippen LogP contribution in [0.1, 0.15) is 11.3 Å². The lowest BCUT2D eigenvalue weighted by molar-refractivity contribution is -0.120. The number of nitrogens with one attached hydrogen (secondary N) is 2. The van der Waals surface area contributed by atoms with Gasteiger partial charge < -0.3 is 5.32 Å². The van der Waals surface area contributed by atoms with Crippen LogP contribution in [0.15, 0.2) is 46.8 Å². The molecule has 0 spiro atoms. The zero-order valence-corrected chi connectivity index (χ0v) is 13.0. The van der Waals surface area contributed by atoms with Crippen molar-refractivity contribution in [2.24, 2.45) is 0 Å². The number of aromatic nitrogens is 2. The van der Waals surface area contributed by atoms with E-state index in [0.717, 1.165) is 21.6 Å². The summed E-state index contributed by atoms with van der Waals surface area (Å²) in [6.45, 7) is 0.626. The Morgan fingerprint density at radius 1 is 1.38 bits per heavy atom. The van der Waals surface area contributed by atoms with Gasteiger partial charge in [-0.1, -0.05) is 12.1 Å². The first-order valence-corrected chi connectivity index (χ1v) is 8.53. The smallest absolute Gasteiger partial charge is 0.221 e. The second-order valence-corrected chi connectivity index (χ2v) is 6.77. The summed E-state index contributed by atoms with van der Waals surface area (Å²) in [5.74, 6) is 0.870. The molecule has 0 atom stereocenters. The minimum atomic E-state index is 0.0959. The Hall–Kier alpha value is -1.79. The number of hydrogen-bond donors (Lipinski definition) is 2. The van der Waals surface area contributed by atoms with Crippen molar-refractivity contribution in [1.29, 1.82) is 0 Å². The van der Waals surface area contributed by atoms with Gasteiger partial charge in [0.25, 0.3) is 0 Å². The van der Waals surface area contributed by atoms with Gasteiger partial charge in [0.15, 0.2) is 0 Å². The number of hydrogen-bond acceptors (Lipinski definition) is 4. The average molecular weight is 317 g/mol. The van der Waals surface area contributed by atoms with E-state index >= 15 is 0 Å². The van der Waals surface area contributed by atoms with Crippen LogP contribution in [-0.2, 0) is 11.3 Å². The summed E-state index contributed by atoms with van der Waals surface area (Å²) in [6.07, 6.45) is 2.33. The predicted molar refractivity (Wildman–Crippen MR) is 87.6 cm³/mol. The van der Waals surface area contributed by atoms with E-state index in [0.29, 0.717) is 13.0 Å². The van der Waals surface area contributed by atoms with E-state index in [2.05, 4.69) is 27.6 Å². The van der Waals surface area contributed by atoms with E-state index < -0.39 is 0 Å². The highest BCUT2D eigenvalue weighted by Crippen LogP contribution is 2.22. The van der Waals surface area contributed by atoms with Crippen LogP contribution in [-0.4, -0.2) is 21.9 Å². The third kappa shape index (κ3) is 3.86. The quantitative estimate of drug-likeness (QED) is 0.685. The number of carbonyl (C=O) groups is 1. The van der Waals surface area contributed by atoms with Crippen LogP contribution in [0.4, 0.5) is 0 Å². The molecule has 1 amide bonds. The number of benzene rings is 1. The Bertz CT molecular complexity index is 721. The lowest BCUT2D eigenvalue weighted by Crippen LogP contribution is -2.22. The Balaban J connectivity index is 1.43. The zero-order valence-electron chi connectivity index (χ0n) is 11.3. The molecule has 2 heterocycles. The van der Waals surface area contributed by atoms with Gasteiger partial charge in [-0.15, -0.1) is 23.1 Å². The molecule has 108 valence electrons. The Morgan fingerprint density at radius 3 is 3.19 bits per heavy atom. The molecule has 3 aromatic rings. The summed E-state index contributed by atoms with van der Waals surface area (Å²) < 4.78 is 0. The largest absolute Gasteiger partial charge is 0.351 e. The third-order valence-corrected chi connectivity index (χ3v) is 4.92. The minimum absolute atomic E-state index is 0.0959. The molecule has 2 N–H and O–H groups in total. The predicted octanol–water partition coefficient (Wildman–Crippen LogP) is 3.42. The number of amides is 1. The molecule has 0 saturated heterocycles. The first-order chi connectivity index (χ1) is 10.3. The molecule has 0 aliphatic heterocycles. The molecule has 4 nitrogen and oxygen atoms in total. The van der Waals surface area contributed by atoms with E-state index in [1.807, 2.05) is 29.8 Å². The summed E-state index contributed by atoms with van der Waals surface area (Å²) in [5, 5.41) is 13.0. The number of aromatic amines is 1. The lowest BCUT2D eigenvalue weighted by atomic mass is 10.3. The van der Waals surface area contributed by atoms with Crippen molar-refractivity contribution in [3.05, 3.63) is 46.8 Å². The highest BCUT2D eigenvalue weighted by Gasteiger charge is 2.04. The molecule has 0 aliphatic rings. The van der Waals surface area contributed by atoms with E-state index in [1.165, 1.54) is 4.88 Å². The van der Waals surface area contributed by atoms with Crippen molar-refractivity contribution < 1.29 is 4.79 Å². The molecule has 0 saturated carbocycles. The first-order valence-electron chi connectivity index (χ1n) is 6.66. The third-order valence-electron chi connectivity index (χ3n) is 3.05. The van der Waals surface area contributed by atoms with E-state index in [4.69, 9.17) is 0 Å². The van der Waals surface area contributed by atoms with Crippen molar-refractivity contribution >= 4 is 39.9 Å². The van der Waals surface area contributed by atoms with Crippen LogP contribution in [0.25, 0.3) is 10.9 Å². The summed E-state index contributed by atoms with van der Waals surface area (Å²) in [7, 11) is 0. The molecule has 0 fully saturated rings. The number of thiophene rings is 1. The Labute approximate surface area is 131 Å². The topological polar surface area (TPSA) is 57.8 Å². The van der Waals surface area contributed by atoms with Crippen molar-refractivity contribution in [1.82, 2.24) is 15.5 Å². The monoisotopic (exact) mass is 317 g/mol. The maximum atomic E-state index is 11.8. The summed E-state index contributed by atoms with van der Waals surface area (Å²) >= 11 is 3.34. The highest BCUT2D eigenvalue weighted by atomic mass is 32.2. The number of fused-ring (bicyclic) bond motifs is 1. The van der Waals surface area contributed by atoms with Crippen LogP contribution in [0.3, 0.4) is 0 Å². The fourth-order valence-corrected chi connectivity index (χ4v) is 3.49. The molecule has 0 unspecified atom stereocenters. The Kier molecular flexibility index (Phi) is 4.57. The second-order valence-electron chi connectivity index (χ2n) is 4.57. The molecule has 21 heavy (non-hydrogen) atoms. The average Bonchev–Trinajstić information content (AvgIpc) is 3.16. The molecule has 1 aromatic carbocycles. The van der Waals surface area contributed by atoms with Gasteiger partial charge in [0, 0.05) is 27.3 Å². The molecular weight excluding hydrogens is 302 g/mol. The molecule has 2 aromatic heterocycles. The lowest BCUT2D eigenvalue weighted by Gasteiger charge is -2.04. The number of carbonyl (C=O) groups excluding carboxylic acids is 1. The van der Waals surface area contributed by atoms with Crippen molar-refractivity contribution in [2.45, 2.75) is 17.9 Å². The fraction of sp³-hybridized carbons (Fsp3) is 0.200. The maximum absolute atomic E-state index is 11.8. The van der Waals surface area contributed by atoms with Gasteiger partial charge in [-0.3, -0.25) is 9.89 Å². The zero-order chi connectivity index (χ0) is 14.5. The van der Waals surface area contributed by atoms with Gasteiger partial charge in [-0.2, -0.15) is 5.10 Å². The van der Waals surface area contributed by atoms with Gasteiger partial charge in [-0.05, 0) is 23.6 Å². The summed E-state index contributed by atoms with van der Waals surface area (Å²) in [6, 6.07) is 10.2. The number of rotatable bonds is 6. The SMILES string of the molecule is O=C(CCSc1ccc2cn[nH]c2c1)NCc1cccs1. The van der Waals surface area contributed by atoms with Crippen LogP contribution in [0, 0.1) is 0 Å².